The summed E-state index contributed by atoms with van der Waals surface area (Å²) >= 11 is 0. The van der Waals surface area contributed by atoms with Gasteiger partial charge < -0.3 is 15.4 Å². The number of hydrogen-bond acceptors (Lipinski definition) is 4. The monoisotopic (exact) mass is 492 g/mol. The van der Waals surface area contributed by atoms with Gasteiger partial charge in [-0.2, -0.15) is 0 Å². The second kappa shape index (κ2) is 8.91. The first-order valence-corrected chi connectivity index (χ1v) is 12.7. The molecule has 1 aliphatic carbocycles. The number of amides is 2. The van der Waals surface area contributed by atoms with Crippen LogP contribution in [0, 0.1) is 5.41 Å². The molecule has 3 atom stereocenters. The van der Waals surface area contributed by atoms with E-state index >= 15 is 4.39 Å². The highest BCUT2D eigenvalue weighted by atomic mass is 19.1. The molecule has 2 aromatic carbocycles. The molecular weight excluding hydrogens is 459 g/mol. The minimum Gasteiger partial charge on any atom is -0.493 e. The largest absolute Gasteiger partial charge is 0.493 e. The Balaban J connectivity index is 1.42. The molecular formula is C28H33FN4O3. The van der Waals surface area contributed by atoms with Crippen molar-refractivity contribution in [2.75, 3.05) is 6.61 Å². The van der Waals surface area contributed by atoms with Crippen molar-refractivity contribution in [2.24, 2.45) is 0 Å². The van der Waals surface area contributed by atoms with Gasteiger partial charge >= 0.3 is 0 Å². The second-order valence-corrected chi connectivity index (χ2v) is 10.4. The zero-order valence-corrected chi connectivity index (χ0v) is 21.0. The lowest BCUT2D eigenvalue weighted by Crippen LogP contribution is -2.62. The standard InChI is InChI=1S/C28H33FN4O3/c1-4-28(5-2)16-23(34)33(26(30)32-28)21-12-13-36-22-11-10-17(14-20(21)22)25(35)31-24-19-9-7-6-8-18(19)15-27(24,3)29/h6-11,14,21,24H,4-5,12-13,15-16H2,1-3H3,(H2,30,32)(H,31,35)/t21-,24?,27?/m1/s1. The van der Waals surface area contributed by atoms with Crippen molar-refractivity contribution < 1.29 is 18.7 Å². The summed E-state index contributed by atoms with van der Waals surface area (Å²) in [6, 6.07) is 11.4. The molecule has 0 bridgehead atoms. The highest BCUT2D eigenvalue weighted by Gasteiger charge is 2.45. The third kappa shape index (κ3) is 4.02. The molecule has 8 heteroatoms. The maximum absolute atomic E-state index is 15.4. The van der Waals surface area contributed by atoms with Crippen molar-refractivity contribution in [2.45, 2.75) is 76.2 Å². The highest BCUT2D eigenvalue weighted by Crippen LogP contribution is 2.43. The van der Waals surface area contributed by atoms with Crippen molar-refractivity contribution >= 4 is 17.8 Å². The topological polar surface area (TPSA) is 94.5 Å². The summed E-state index contributed by atoms with van der Waals surface area (Å²) < 4.78 is 21.2. The first-order chi connectivity index (χ1) is 17.2. The van der Waals surface area contributed by atoms with Gasteiger partial charge in [0.05, 0.1) is 25.1 Å². The molecule has 2 amide bonds. The van der Waals surface area contributed by atoms with E-state index in [1.54, 1.807) is 18.2 Å². The number of carbonyl (C=O) groups is 2. The van der Waals surface area contributed by atoms with Gasteiger partial charge in [-0.25, -0.2) is 4.39 Å². The SMILES string of the molecule is CCC1(CC)CC(=O)N([C@@H]2CCOc3ccc(C(=O)NC4c5ccccc5CC4(C)F)cc32)C(=N)N1. The first kappa shape index (κ1) is 24.3. The summed E-state index contributed by atoms with van der Waals surface area (Å²) in [5, 5.41) is 14.8. The van der Waals surface area contributed by atoms with E-state index in [1.807, 2.05) is 38.1 Å². The zero-order chi connectivity index (χ0) is 25.7. The van der Waals surface area contributed by atoms with Crippen molar-refractivity contribution in [1.82, 2.24) is 15.5 Å². The van der Waals surface area contributed by atoms with E-state index in [1.165, 1.54) is 11.8 Å². The van der Waals surface area contributed by atoms with Crippen LogP contribution in [0.5, 0.6) is 5.75 Å². The maximum Gasteiger partial charge on any atom is 0.251 e. The average molecular weight is 493 g/mol. The molecule has 36 heavy (non-hydrogen) atoms. The number of ether oxygens (including phenoxy) is 1. The Hall–Kier alpha value is -3.42. The summed E-state index contributed by atoms with van der Waals surface area (Å²) in [6.45, 7) is 5.97. The van der Waals surface area contributed by atoms with Crippen molar-refractivity contribution in [3.05, 3.63) is 64.7 Å². The molecule has 0 radical (unpaired) electrons. The molecule has 3 aliphatic rings. The Morgan fingerprint density at radius 1 is 1.19 bits per heavy atom. The molecule has 0 spiro atoms. The summed E-state index contributed by atoms with van der Waals surface area (Å²) in [6.07, 6.45) is 2.57. The van der Waals surface area contributed by atoms with Crippen LogP contribution in [0.2, 0.25) is 0 Å². The average Bonchev–Trinajstić information content (AvgIpc) is 3.12. The highest BCUT2D eigenvalue weighted by molar-refractivity contribution is 6.00. The fourth-order valence-corrected chi connectivity index (χ4v) is 5.87. The van der Waals surface area contributed by atoms with Crippen LogP contribution < -0.4 is 15.4 Å². The van der Waals surface area contributed by atoms with Crippen LogP contribution in [0.1, 0.15) is 85.6 Å². The number of fused-ring (bicyclic) bond motifs is 2. The Labute approximate surface area is 210 Å². The number of carbonyl (C=O) groups excluding carboxylic acids is 2. The van der Waals surface area contributed by atoms with Crippen LogP contribution in [0.3, 0.4) is 0 Å². The first-order valence-electron chi connectivity index (χ1n) is 12.7. The van der Waals surface area contributed by atoms with Crippen molar-refractivity contribution in [3.8, 4) is 5.75 Å². The number of guanidine groups is 1. The van der Waals surface area contributed by atoms with Crippen LogP contribution in [-0.4, -0.2) is 40.5 Å². The van der Waals surface area contributed by atoms with Crippen LogP contribution in [0.25, 0.3) is 0 Å². The van der Waals surface area contributed by atoms with E-state index in [0.29, 0.717) is 36.3 Å². The van der Waals surface area contributed by atoms with Crippen LogP contribution in [-0.2, 0) is 11.2 Å². The number of rotatable bonds is 5. The second-order valence-electron chi connectivity index (χ2n) is 10.4. The third-order valence-corrected chi connectivity index (χ3v) is 8.11. The Kier molecular flexibility index (Phi) is 6.01. The number of halogens is 1. The lowest BCUT2D eigenvalue weighted by Gasteiger charge is -2.45. The summed E-state index contributed by atoms with van der Waals surface area (Å²) in [7, 11) is 0. The minimum atomic E-state index is -1.59. The van der Waals surface area contributed by atoms with Crippen molar-refractivity contribution in [3.63, 3.8) is 0 Å². The third-order valence-electron chi connectivity index (χ3n) is 8.11. The number of nitrogens with zero attached hydrogens (tertiary/aromatic N) is 1. The van der Waals surface area contributed by atoms with E-state index in [9.17, 15) is 9.59 Å². The van der Waals surface area contributed by atoms with Gasteiger partial charge in [-0.3, -0.25) is 19.9 Å². The van der Waals surface area contributed by atoms with Gasteiger partial charge in [-0.1, -0.05) is 38.1 Å². The number of benzene rings is 2. The molecule has 0 saturated carbocycles. The lowest BCUT2D eigenvalue weighted by atomic mass is 9.85. The number of hydrogen-bond donors (Lipinski definition) is 3. The van der Waals surface area contributed by atoms with Crippen molar-refractivity contribution in [1.29, 1.82) is 5.41 Å². The molecule has 190 valence electrons. The predicted molar refractivity (Wildman–Crippen MR) is 135 cm³/mol. The number of alkyl halides is 1. The summed E-state index contributed by atoms with van der Waals surface area (Å²) in [5.74, 6) is 0.180. The summed E-state index contributed by atoms with van der Waals surface area (Å²) in [4.78, 5) is 28.1. The fraction of sp³-hybridized carbons (Fsp3) is 0.464. The fourth-order valence-electron chi connectivity index (χ4n) is 5.87. The Morgan fingerprint density at radius 2 is 1.94 bits per heavy atom. The Morgan fingerprint density at radius 3 is 2.67 bits per heavy atom. The van der Waals surface area contributed by atoms with Gasteiger partial charge in [0.15, 0.2) is 5.96 Å². The predicted octanol–water partition coefficient (Wildman–Crippen LogP) is 4.58. The van der Waals surface area contributed by atoms with Gasteiger partial charge in [0.1, 0.15) is 11.4 Å². The van der Waals surface area contributed by atoms with E-state index in [2.05, 4.69) is 10.6 Å². The molecule has 1 fully saturated rings. The molecule has 0 aromatic heterocycles. The van der Waals surface area contributed by atoms with E-state index < -0.39 is 23.3 Å². The molecule has 2 heterocycles. The van der Waals surface area contributed by atoms with Crippen LogP contribution >= 0.6 is 0 Å². The Bertz CT molecular complexity index is 1200. The van der Waals surface area contributed by atoms with Gasteiger partial charge in [-0.15, -0.1) is 0 Å². The van der Waals surface area contributed by atoms with Gasteiger partial charge in [0.25, 0.3) is 5.91 Å². The van der Waals surface area contributed by atoms with Gasteiger partial charge in [0.2, 0.25) is 5.91 Å². The lowest BCUT2D eigenvalue weighted by molar-refractivity contribution is -0.133. The smallest absolute Gasteiger partial charge is 0.251 e. The van der Waals surface area contributed by atoms with Gasteiger partial charge in [-0.05, 0) is 49.1 Å². The van der Waals surface area contributed by atoms with E-state index in [0.717, 1.165) is 24.0 Å². The molecule has 2 aliphatic heterocycles. The molecule has 2 aromatic rings. The van der Waals surface area contributed by atoms with Crippen LogP contribution in [0.15, 0.2) is 42.5 Å². The normalized spacial score (nSPS) is 26.5. The van der Waals surface area contributed by atoms with E-state index in [4.69, 9.17) is 10.1 Å². The molecule has 5 rings (SSSR count). The molecule has 1 saturated heterocycles. The summed E-state index contributed by atoms with van der Waals surface area (Å²) in [5.41, 5.74) is 0.747. The molecule has 7 nitrogen and oxygen atoms in total. The van der Waals surface area contributed by atoms with E-state index in [-0.39, 0.29) is 24.2 Å². The van der Waals surface area contributed by atoms with Crippen LogP contribution in [0.4, 0.5) is 4.39 Å². The molecule has 2 unspecified atom stereocenters. The maximum atomic E-state index is 15.4. The quantitative estimate of drug-likeness (QED) is 0.569. The minimum absolute atomic E-state index is 0.0819. The number of nitrogens with one attached hydrogen (secondary N) is 3. The zero-order valence-electron chi connectivity index (χ0n) is 21.0. The molecule has 3 N–H and O–H groups in total. The van der Waals surface area contributed by atoms with Gasteiger partial charge in [0, 0.05) is 29.5 Å².